The molecule has 0 bridgehead atoms. The number of amides is 2. The van der Waals surface area contributed by atoms with E-state index in [0.29, 0.717) is 0 Å². The number of esters is 2. The van der Waals surface area contributed by atoms with Crippen LogP contribution in [0.2, 0.25) is 0 Å². The van der Waals surface area contributed by atoms with Crippen LogP contribution in [-0.2, 0) is 29.9 Å². The zero-order chi connectivity index (χ0) is 30.1. The van der Waals surface area contributed by atoms with Crippen LogP contribution < -0.4 is 10.6 Å². The van der Waals surface area contributed by atoms with E-state index in [4.69, 9.17) is 9.47 Å². The molecule has 0 aliphatic rings. The van der Waals surface area contributed by atoms with Gasteiger partial charge in [-0.3, -0.25) is 9.59 Å². The van der Waals surface area contributed by atoms with Gasteiger partial charge in [0.2, 0.25) is 12.2 Å². The Hall–Kier alpha value is -4.20. The smallest absolute Gasteiger partial charge is 0.339 e. The Morgan fingerprint density at radius 2 is 0.950 bits per heavy atom. The first-order chi connectivity index (χ1) is 18.7. The van der Waals surface area contributed by atoms with Gasteiger partial charge in [-0.2, -0.15) is 0 Å². The summed E-state index contributed by atoms with van der Waals surface area (Å²) >= 11 is 0. The van der Waals surface area contributed by atoms with Gasteiger partial charge in [0.1, 0.15) is 0 Å². The van der Waals surface area contributed by atoms with Gasteiger partial charge < -0.3 is 20.1 Å². The van der Waals surface area contributed by atoms with E-state index in [1.165, 1.54) is 12.2 Å². The van der Waals surface area contributed by atoms with Gasteiger partial charge in [-0.15, -0.1) is 13.2 Å². The summed E-state index contributed by atoms with van der Waals surface area (Å²) in [7, 11) is 0. The highest BCUT2D eigenvalue weighted by atomic mass is 16.6. The first-order valence-electron chi connectivity index (χ1n) is 13.1. The maximum Gasteiger partial charge on any atom is 0.339 e. The number of benzene rings is 2. The van der Waals surface area contributed by atoms with Crippen LogP contribution in [-0.4, -0.2) is 49.1 Å². The SMILES string of the molecule is C=CCNC(=O)[C@@H](OC(=O)c1ccc(C(C)(C)C)cc1)[C@H](OC(=O)c1ccc(C(C)(C)C)cc1)C(=O)NCC=C. The minimum Gasteiger partial charge on any atom is -0.444 e. The molecule has 214 valence electrons. The normalized spacial score (nSPS) is 12.8. The first kappa shape index (κ1) is 32.0. The highest BCUT2D eigenvalue weighted by molar-refractivity contribution is 5.98. The van der Waals surface area contributed by atoms with Gasteiger partial charge in [-0.1, -0.05) is 78.0 Å². The van der Waals surface area contributed by atoms with Gasteiger partial charge in [0.25, 0.3) is 11.8 Å². The lowest BCUT2D eigenvalue weighted by Gasteiger charge is -2.26. The summed E-state index contributed by atoms with van der Waals surface area (Å²) in [5.41, 5.74) is 2.06. The number of carbonyl (C=O) groups excluding carboxylic acids is 4. The van der Waals surface area contributed by atoms with Crippen LogP contribution >= 0.6 is 0 Å². The average Bonchev–Trinajstić information content (AvgIpc) is 2.91. The Kier molecular flexibility index (Phi) is 11.0. The second-order valence-electron chi connectivity index (χ2n) is 11.4. The second kappa shape index (κ2) is 13.7. The molecule has 2 atom stereocenters. The fourth-order valence-corrected chi connectivity index (χ4v) is 3.63. The molecule has 0 radical (unpaired) electrons. The van der Waals surface area contributed by atoms with Crippen molar-refractivity contribution in [1.82, 2.24) is 10.6 Å². The lowest BCUT2D eigenvalue weighted by Crippen LogP contribution is -2.53. The molecule has 0 aromatic heterocycles. The van der Waals surface area contributed by atoms with Crippen LogP contribution in [0.3, 0.4) is 0 Å². The third-order valence-electron chi connectivity index (χ3n) is 6.07. The lowest BCUT2D eigenvalue weighted by molar-refractivity contribution is -0.147. The molecule has 2 amide bonds. The van der Waals surface area contributed by atoms with Crippen LogP contribution in [0.15, 0.2) is 73.8 Å². The molecule has 0 saturated carbocycles. The Balaban J connectivity index is 2.42. The quantitative estimate of drug-likeness (QED) is 0.313. The van der Waals surface area contributed by atoms with E-state index in [-0.39, 0.29) is 35.0 Å². The van der Waals surface area contributed by atoms with E-state index in [2.05, 4.69) is 23.8 Å². The van der Waals surface area contributed by atoms with E-state index < -0.39 is 36.0 Å². The molecular formula is C32H40N2O6. The molecule has 2 N–H and O–H groups in total. The Labute approximate surface area is 236 Å². The van der Waals surface area contributed by atoms with Gasteiger partial charge in [-0.05, 0) is 46.2 Å². The maximum absolute atomic E-state index is 13.1. The van der Waals surface area contributed by atoms with Crippen LogP contribution in [0, 0.1) is 0 Å². The summed E-state index contributed by atoms with van der Waals surface area (Å²) in [6.45, 7) is 19.4. The maximum atomic E-state index is 13.1. The van der Waals surface area contributed by atoms with Gasteiger partial charge in [0.05, 0.1) is 11.1 Å². The molecular weight excluding hydrogens is 508 g/mol. The summed E-state index contributed by atoms with van der Waals surface area (Å²) in [6, 6.07) is 13.5. The molecule has 0 fully saturated rings. The van der Waals surface area contributed by atoms with E-state index in [1.807, 2.05) is 41.5 Å². The minimum absolute atomic E-state index is 0.0381. The van der Waals surface area contributed by atoms with Crippen LogP contribution in [0.25, 0.3) is 0 Å². The topological polar surface area (TPSA) is 111 Å². The molecule has 2 aromatic carbocycles. The molecule has 0 saturated heterocycles. The minimum atomic E-state index is -1.78. The zero-order valence-corrected chi connectivity index (χ0v) is 24.2. The molecule has 0 unspecified atom stereocenters. The van der Waals surface area contributed by atoms with Crippen molar-refractivity contribution in [2.45, 2.75) is 64.6 Å². The van der Waals surface area contributed by atoms with E-state index in [9.17, 15) is 19.2 Å². The van der Waals surface area contributed by atoms with Crippen molar-refractivity contribution >= 4 is 23.8 Å². The first-order valence-corrected chi connectivity index (χ1v) is 13.1. The van der Waals surface area contributed by atoms with Crippen molar-refractivity contribution in [1.29, 1.82) is 0 Å². The number of nitrogens with one attached hydrogen (secondary N) is 2. The van der Waals surface area contributed by atoms with Gasteiger partial charge >= 0.3 is 11.9 Å². The van der Waals surface area contributed by atoms with Crippen LogP contribution in [0.5, 0.6) is 0 Å². The number of rotatable bonds is 11. The Bertz CT molecular complexity index is 1120. The Morgan fingerprint density at radius 1 is 0.650 bits per heavy atom. The van der Waals surface area contributed by atoms with Gasteiger partial charge in [-0.25, -0.2) is 9.59 Å². The molecule has 0 aliphatic carbocycles. The van der Waals surface area contributed by atoms with Crippen molar-refractivity contribution < 1.29 is 28.7 Å². The van der Waals surface area contributed by atoms with Gasteiger partial charge in [0.15, 0.2) is 0 Å². The number of ether oxygens (including phenoxy) is 2. The average molecular weight is 549 g/mol. The molecule has 0 spiro atoms. The monoisotopic (exact) mass is 548 g/mol. The highest BCUT2D eigenvalue weighted by Crippen LogP contribution is 2.24. The summed E-state index contributed by atoms with van der Waals surface area (Å²) in [5.74, 6) is -3.36. The zero-order valence-electron chi connectivity index (χ0n) is 24.2. The summed E-state index contributed by atoms with van der Waals surface area (Å²) in [6.07, 6.45) is -0.704. The number of hydrogen-bond acceptors (Lipinski definition) is 6. The van der Waals surface area contributed by atoms with Crippen molar-refractivity contribution in [2.24, 2.45) is 0 Å². The third-order valence-corrected chi connectivity index (χ3v) is 6.07. The standard InChI is InChI=1S/C32H40N2O6/c1-9-19-33-27(35)25(39-29(37)21-11-15-23(16-12-21)31(3,4)5)26(28(36)34-20-10-2)40-30(38)22-13-17-24(18-14-22)32(6,7)8/h9-18,25-26H,1-2,19-20H2,3-8H3,(H,33,35)(H,34,36)/t25-,26-/m0/s1. The second-order valence-corrected chi connectivity index (χ2v) is 11.4. The Morgan fingerprint density at radius 3 is 1.20 bits per heavy atom. The van der Waals surface area contributed by atoms with Crippen molar-refractivity contribution in [2.75, 3.05) is 13.1 Å². The molecule has 0 aliphatic heterocycles. The van der Waals surface area contributed by atoms with Gasteiger partial charge in [0, 0.05) is 13.1 Å². The molecule has 2 aromatic rings. The molecule has 0 heterocycles. The van der Waals surface area contributed by atoms with Crippen molar-refractivity contribution in [3.8, 4) is 0 Å². The third kappa shape index (κ3) is 8.93. The number of hydrogen-bond donors (Lipinski definition) is 2. The van der Waals surface area contributed by atoms with Crippen molar-refractivity contribution in [3.05, 3.63) is 96.1 Å². The highest BCUT2D eigenvalue weighted by Gasteiger charge is 2.40. The van der Waals surface area contributed by atoms with Crippen LogP contribution in [0.1, 0.15) is 73.4 Å². The predicted octanol–water partition coefficient (Wildman–Crippen LogP) is 4.64. The molecule has 8 heteroatoms. The fraction of sp³-hybridized carbons (Fsp3) is 0.375. The number of carbonyl (C=O) groups is 4. The summed E-state index contributed by atoms with van der Waals surface area (Å²) in [5, 5.41) is 5.04. The van der Waals surface area contributed by atoms with E-state index in [0.717, 1.165) is 11.1 Å². The van der Waals surface area contributed by atoms with E-state index >= 15 is 0 Å². The van der Waals surface area contributed by atoms with E-state index in [1.54, 1.807) is 48.5 Å². The molecule has 40 heavy (non-hydrogen) atoms. The molecule has 8 nitrogen and oxygen atoms in total. The molecule has 2 rings (SSSR count). The largest absolute Gasteiger partial charge is 0.444 e. The fourth-order valence-electron chi connectivity index (χ4n) is 3.63. The van der Waals surface area contributed by atoms with Crippen LogP contribution in [0.4, 0.5) is 0 Å². The lowest BCUT2D eigenvalue weighted by atomic mass is 9.87. The summed E-state index contributed by atoms with van der Waals surface area (Å²) in [4.78, 5) is 52.5. The predicted molar refractivity (Wildman–Crippen MR) is 155 cm³/mol. The van der Waals surface area contributed by atoms with Crippen molar-refractivity contribution in [3.63, 3.8) is 0 Å². The summed E-state index contributed by atoms with van der Waals surface area (Å²) < 4.78 is 11.1.